The van der Waals surface area contributed by atoms with Gasteiger partial charge in [0, 0.05) is 44.5 Å². The molecule has 1 fully saturated rings. The maximum Gasteiger partial charge on any atom is 0.252 e. The van der Waals surface area contributed by atoms with Gasteiger partial charge >= 0.3 is 0 Å². The maximum atomic E-state index is 12.1. The number of benzene rings is 1. The predicted molar refractivity (Wildman–Crippen MR) is 102 cm³/mol. The van der Waals surface area contributed by atoms with Gasteiger partial charge in [-0.2, -0.15) is 0 Å². The van der Waals surface area contributed by atoms with Gasteiger partial charge in [0.05, 0.1) is 5.56 Å². The standard InChI is InChI=1S/C17H20N4O.2ClH/c1-21(15-5-3-2-4-6-15)16-8-7-14(12-19-16)17(22)20-11-13-9-18-10-13;;/h2-8,12-13,18H,9-11H2,1H3,(H,20,22);2*1H. The summed E-state index contributed by atoms with van der Waals surface area (Å²) < 4.78 is 0. The molecule has 1 amide bonds. The van der Waals surface area contributed by atoms with Crippen LogP contribution >= 0.6 is 24.8 Å². The first-order valence-electron chi connectivity index (χ1n) is 7.48. The average Bonchev–Trinajstić information content (AvgIpc) is 2.53. The lowest BCUT2D eigenvalue weighted by atomic mass is 10.0. The van der Waals surface area contributed by atoms with Crippen LogP contribution in [0.2, 0.25) is 0 Å². The van der Waals surface area contributed by atoms with E-state index in [4.69, 9.17) is 0 Å². The first-order valence-corrected chi connectivity index (χ1v) is 7.48. The molecule has 0 saturated carbocycles. The van der Waals surface area contributed by atoms with Crippen LogP contribution in [0.5, 0.6) is 0 Å². The second kappa shape index (κ2) is 9.47. The summed E-state index contributed by atoms with van der Waals surface area (Å²) >= 11 is 0. The molecular formula is C17H22Cl2N4O. The van der Waals surface area contributed by atoms with Crippen LogP contribution in [-0.2, 0) is 0 Å². The highest BCUT2D eigenvalue weighted by Gasteiger charge is 2.17. The van der Waals surface area contributed by atoms with E-state index in [1.165, 1.54) is 0 Å². The van der Waals surface area contributed by atoms with Crippen LogP contribution < -0.4 is 15.5 Å². The highest BCUT2D eigenvalue weighted by Crippen LogP contribution is 2.20. The summed E-state index contributed by atoms with van der Waals surface area (Å²) in [7, 11) is 1.96. The van der Waals surface area contributed by atoms with Crippen LogP contribution in [0.1, 0.15) is 10.4 Å². The molecule has 2 N–H and O–H groups in total. The van der Waals surface area contributed by atoms with Crippen LogP contribution in [0.15, 0.2) is 48.7 Å². The van der Waals surface area contributed by atoms with E-state index in [0.29, 0.717) is 11.5 Å². The van der Waals surface area contributed by atoms with Crippen LogP contribution in [-0.4, -0.2) is 37.6 Å². The van der Waals surface area contributed by atoms with Crippen LogP contribution in [0.25, 0.3) is 0 Å². The van der Waals surface area contributed by atoms with Gasteiger partial charge < -0.3 is 15.5 Å². The molecule has 5 nitrogen and oxygen atoms in total. The highest BCUT2D eigenvalue weighted by atomic mass is 35.5. The molecule has 0 atom stereocenters. The molecular weight excluding hydrogens is 347 g/mol. The summed E-state index contributed by atoms with van der Waals surface area (Å²) in [6, 6.07) is 13.7. The van der Waals surface area contributed by atoms with Gasteiger partial charge in [-0.15, -0.1) is 24.8 Å². The second-order valence-corrected chi connectivity index (χ2v) is 5.53. The lowest BCUT2D eigenvalue weighted by Gasteiger charge is -2.27. The van der Waals surface area contributed by atoms with Crippen molar-refractivity contribution < 1.29 is 4.79 Å². The van der Waals surface area contributed by atoms with Gasteiger partial charge in [-0.25, -0.2) is 4.98 Å². The summed E-state index contributed by atoms with van der Waals surface area (Å²) in [5.74, 6) is 1.31. The molecule has 1 aromatic heterocycles. The van der Waals surface area contributed by atoms with E-state index < -0.39 is 0 Å². The summed E-state index contributed by atoms with van der Waals surface area (Å²) in [4.78, 5) is 18.4. The van der Waals surface area contributed by atoms with E-state index in [9.17, 15) is 4.79 Å². The second-order valence-electron chi connectivity index (χ2n) is 5.53. The Morgan fingerprint density at radius 1 is 1.21 bits per heavy atom. The number of hydrogen-bond acceptors (Lipinski definition) is 4. The number of aromatic nitrogens is 1. The Morgan fingerprint density at radius 3 is 2.46 bits per heavy atom. The third kappa shape index (κ3) is 4.84. The minimum Gasteiger partial charge on any atom is -0.352 e. The topological polar surface area (TPSA) is 57.3 Å². The smallest absolute Gasteiger partial charge is 0.252 e. The molecule has 0 unspecified atom stereocenters. The minimum atomic E-state index is -0.0617. The number of amides is 1. The van der Waals surface area contributed by atoms with Crippen LogP contribution in [0.3, 0.4) is 0 Å². The largest absolute Gasteiger partial charge is 0.352 e. The number of hydrogen-bond donors (Lipinski definition) is 2. The van der Waals surface area contributed by atoms with Crippen molar-refractivity contribution in [2.24, 2.45) is 5.92 Å². The van der Waals surface area contributed by atoms with E-state index in [1.807, 2.05) is 54.4 Å². The van der Waals surface area contributed by atoms with E-state index in [0.717, 1.165) is 31.1 Å². The van der Waals surface area contributed by atoms with Crippen LogP contribution in [0, 0.1) is 5.92 Å². The normalized spacial score (nSPS) is 13.0. The quantitative estimate of drug-likeness (QED) is 0.851. The van der Waals surface area contributed by atoms with Gasteiger partial charge in [0.25, 0.3) is 5.91 Å². The fourth-order valence-electron chi connectivity index (χ4n) is 2.33. The van der Waals surface area contributed by atoms with E-state index >= 15 is 0 Å². The van der Waals surface area contributed by atoms with Crippen molar-refractivity contribution in [2.75, 3.05) is 31.6 Å². The number of pyridine rings is 1. The Labute approximate surface area is 154 Å². The first kappa shape index (κ1) is 20.2. The van der Waals surface area contributed by atoms with Crippen molar-refractivity contribution in [3.05, 3.63) is 54.2 Å². The Bertz CT molecular complexity index is 633. The first-order chi connectivity index (χ1) is 10.7. The lowest BCUT2D eigenvalue weighted by Crippen LogP contribution is -2.48. The zero-order chi connectivity index (χ0) is 15.4. The van der Waals surface area contributed by atoms with Crippen molar-refractivity contribution in [1.29, 1.82) is 0 Å². The lowest BCUT2D eigenvalue weighted by molar-refractivity contribution is 0.0942. The number of nitrogens with one attached hydrogen (secondary N) is 2. The SMILES string of the molecule is CN(c1ccccc1)c1ccc(C(=O)NCC2CNC2)cn1.Cl.Cl. The van der Waals surface area contributed by atoms with E-state index in [2.05, 4.69) is 15.6 Å². The maximum absolute atomic E-state index is 12.1. The molecule has 7 heteroatoms. The van der Waals surface area contributed by atoms with Gasteiger partial charge in [0.1, 0.15) is 5.82 Å². The molecule has 1 aliphatic heterocycles. The zero-order valence-corrected chi connectivity index (χ0v) is 15.1. The number of para-hydroxylation sites is 1. The molecule has 1 saturated heterocycles. The summed E-state index contributed by atoms with van der Waals surface area (Å²) in [5, 5.41) is 6.14. The van der Waals surface area contributed by atoms with Crippen molar-refractivity contribution in [2.45, 2.75) is 0 Å². The van der Waals surface area contributed by atoms with Crippen molar-refractivity contribution in [1.82, 2.24) is 15.6 Å². The molecule has 0 bridgehead atoms. The predicted octanol–water partition coefficient (Wildman–Crippen LogP) is 2.64. The zero-order valence-electron chi connectivity index (χ0n) is 13.4. The van der Waals surface area contributed by atoms with E-state index in [1.54, 1.807) is 6.20 Å². The molecule has 2 heterocycles. The summed E-state index contributed by atoms with van der Waals surface area (Å²) in [6.07, 6.45) is 1.63. The third-order valence-electron chi connectivity index (χ3n) is 3.91. The number of nitrogens with zero attached hydrogens (tertiary/aromatic N) is 2. The van der Waals surface area contributed by atoms with Crippen molar-refractivity contribution >= 4 is 42.2 Å². The molecule has 0 aliphatic carbocycles. The summed E-state index contributed by atoms with van der Waals surface area (Å²) in [5.41, 5.74) is 1.65. The average molecular weight is 369 g/mol. The van der Waals surface area contributed by atoms with E-state index in [-0.39, 0.29) is 30.7 Å². The minimum absolute atomic E-state index is 0. The Morgan fingerprint density at radius 2 is 1.92 bits per heavy atom. The number of carbonyl (C=O) groups is 1. The van der Waals surface area contributed by atoms with Gasteiger partial charge in [-0.05, 0) is 24.3 Å². The van der Waals surface area contributed by atoms with Gasteiger partial charge in [-0.1, -0.05) is 18.2 Å². The Balaban J connectivity index is 0.00000144. The monoisotopic (exact) mass is 368 g/mol. The molecule has 24 heavy (non-hydrogen) atoms. The summed E-state index contributed by atoms with van der Waals surface area (Å²) in [6.45, 7) is 2.69. The fraction of sp³-hybridized carbons (Fsp3) is 0.294. The molecule has 0 spiro atoms. The van der Waals surface area contributed by atoms with Gasteiger partial charge in [0.15, 0.2) is 0 Å². The fourth-order valence-corrected chi connectivity index (χ4v) is 2.33. The number of carbonyl (C=O) groups excluding carboxylic acids is 1. The van der Waals surface area contributed by atoms with Gasteiger partial charge in [-0.3, -0.25) is 4.79 Å². The molecule has 3 rings (SSSR count). The van der Waals surface area contributed by atoms with Crippen molar-refractivity contribution in [3.8, 4) is 0 Å². The van der Waals surface area contributed by atoms with Crippen molar-refractivity contribution in [3.63, 3.8) is 0 Å². The number of rotatable bonds is 5. The van der Waals surface area contributed by atoms with Gasteiger partial charge in [0.2, 0.25) is 0 Å². The molecule has 0 radical (unpaired) electrons. The third-order valence-corrected chi connectivity index (χ3v) is 3.91. The van der Waals surface area contributed by atoms with Crippen LogP contribution in [0.4, 0.5) is 11.5 Å². The highest BCUT2D eigenvalue weighted by molar-refractivity contribution is 5.94. The number of anilines is 2. The molecule has 1 aromatic carbocycles. The Hall–Kier alpha value is -1.82. The number of halogens is 2. The Kier molecular flexibility index (Phi) is 7.98. The molecule has 1 aliphatic rings. The molecule has 2 aromatic rings. The molecule has 130 valence electrons.